The van der Waals surface area contributed by atoms with Gasteiger partial charge in [0.25, 0.3) is 5.91 Å². The number of fused-ring (bicyclic) bond motifs is 1. The first-order chi connectivity index (χ1) is 19.8. The summed E-state index contributed by atoms with van der Waals surface area (Å²) >= 11 is 0. The normalized spacial score (nSPS) is 19.1. The molecular formula is C29H29F2N7O3. The van der Waals surface area contributed by atoms with Crippen molar-refractivity contribution in [3.05, 3.63) is 77.8 Å². The summed E-state index contributed by atoms with van der Waals surface area (Å²) in [7, 11) is 0. The molecule has 2 atom stereocenters. The van der Waals surface area contributed by atoms with Gasteiger partial charge in [-0.2, -0.15) is 0 Å². The molecule has 2 aliphatic rings. The average molecular weight is 562 g/mol. The van der Waals surface area contributed by atoms with E-state index in [1.807, 2.05) is 13.0 Å². The Morgan fingerprint density at radius 1 is 1.07 bits per heavy atom. The maximum atomic E-state index is 14.4. The van der Waals surface area contributed by atoms with Crippen LogP contribution in [0.4, 0.5) is 20.3 Å². The number of nitrogens with one attached hydrogen (secondary N) is 2. The third-order valence-electron chi connectivity index (χ3n) is 7.66. The van der Waals surface area contributed by atoms with Crippen LogP contribution in [0.2, 0.25) is 0 Å². The largest absolute Gasteiger partial charge is 0.392 e. The van der Waals surface area contributed by atoms with Gasteiger partial charge >= 0.3 is 0 Å². The Morgan fingerprint density at radius 3 is 2.59 bits per heavy atom. The first kappa shape index (κ1) is 26.8. The van der Waals surface area contributed by atoms with Gasteiger partial charge in [0.05, 0.1) is 24.0 Å². The van der Waals surface area contributed by atoms with E-state index >= 15 is 0 Å². The number of aliphatic hydroxyl groups is 1. The van der Waals surface area contributed by atoms with Crippen molar-refractivity contribution in [3.63, 3.8) is 0 Å². The predicted molar refractivity (Wildman–Crippen MR) is 148 cm³/mol. The quantitative estimate of drug-likeness (QED) is 0.343. The number of anilines is 2. The van der Waals surface area contributed by atoms with Crippen molar-refractivity contribution in [2.45, 2.75) is 25.5 Å². The van der Waals surface area contributed by atoms with E-state index in [9.17, 15) is 23.5 Å². The van der Waals surface area contributed by atoms with E-state index in [2.05, 4.69) is 20.6 Å². The summed E-state index contributed by atoms with van der Waals surface area (Å²) in [4.78, 5) is 38.3. The number of benzene rings is 2. The molecule has 2 aromatic heterocycles. The molecule has 3 N–H and O–H groups in total. The number of β-amino-alcohol motifs (C(OH)–C–C–N with tert-alkyl or cyclic N) is 1. The van der Waals surface area contributed by atoms with Crippen molar-refractivity contribution in [1.29, 1.82) is 0 Å². The van der Waals surface area contributed by atoms with Crippen LogP contribution in [-0.4, -0.2) is 86.0 Å². The molecule has 2 aliphatic heterocycles. The molecule has 0 aliphatic carbocycles. The highest BCUT2D eigenvalue weighted by Gasteiger charge is 2.33. The number of rotatable bonds is 5. The van der Waals surface area contributed by atoms with E-state index in [0.29, 0.717) is 67.6 Å². The molecule has 0 unspecified atom stereocenters. The third-order valence-corrected chi connectivity index (χ3v) is 7.66. The topological polar surface area (TPSA) is 115 Å². The molecule has 0 saturated carbocycles. The molecule has 12 heteroatoms. The fourth-order valence-electron chi connectivity index (χ4n) is 5.45. The van der Waals surface area contributed by atoms with Crippen molar-refractivity contribution in [2.75, 3.05) is 38.0 Å². The van der Waals surface area contributed by atoms with Crippen LogP contribution in [0.15, 0.2) is 55.0 Å². The van der Waals surface area contributed by atoms with Crippen LogP contribution in [0.1, 0.15) is 22.3 Å². The van der Waals surface area contributed by atoms with Gasteiger partial charge in [-0.05, 0) is 49.2 Å². The number of amides is 2. The standard InChI is InChI=1S/C29H29F2N7O3/c1-17-13-18(35-26-27-34-16-24(38(27)8-7-32-26)21-3-2-4-22(30)25(21)31)5-6-20(17)28(40)36-9-11-37(12-10-36)29(41)23-14-19(39)15-33-23/h2-8,13,16,19,23,33,39H,9-12,14-15H2,1H3,(H,32,35)/t19-,23+/m1/s1. The second-order valence-corrected chi connectivity index (χ2v) is 10.3. The number of nitrogens with zero attached hydrogens (tertiary/aromatic N) is 5. The van der Waals surface area contributed by atoms with E-state index in [0.717, 1.165) is 11.6 Å². The minimum absolute atomic E-state index is 0.0328. The third kappa shape index (κ3) is 5.11. The number of imidazole rings is 1. The van der Waals surface area contributed by atoms with Gasteiger partial charge < -0.3 is 25.5 Å². The number of halogens is 2. The van der Waals surface area contributed by atoms with Crippen molar-refractivity contribution in [1.82, 2.24) is 29.5 Å². The van der Waals surface area contributed by atoms with E-state index in [-0.39, 0.29) is 23.4 Å². The number of carbonyl (C=O) groups is 2. The summed E-state index contributed by atoms with van der Waals surface area (Å²) in [6.45, 7) is 4.02. The summed E-state index contributed by atoms with van der Waals surface area (Å²) < 4.78 is 29.9. The fraction of sp³-hybridized carbons (Fsp3) is 0.310. The van der Waals surface area contributed by atoms with Crippen LogP contribution in [0.3, 0.4) is 0 Å². The zero-order valence-corrected chi connectivity index (χ0v) is 22.3. The molecule has 4 aromatic rings. The van der Waals surface area contributed by atoms with E-state index in [4.69, 9.17) is 0 Å². The van der Waals surface area contributed by atoms with Crippen LogP contribution < -0.4 is 10.6 Å². The van der Waals surface area contributed by atoms with Crippen molar-refractivity contribution >= 4 is 29.0 Å². The highest BCUT2D eigenvalue weighted by Crippen LogP contribution is 2.28. The number of aliphatic hydroxyl groups excluding tert-OH is 1. The first-order valence-electron chi connectivity index (χ1n) is 13.4. The summed E-state index contributed by atoms with van der Waals surface area (Å²) in [6, 6.07) is 8.99. The van der Waals surface area contributed by atoms with Crippen LogP contribution in [0, 0.1) is 18.6 Å². The molecule has 0 bridgehead atoms. The number of aromatic nitrogens is 3. The Labute approximate surface area is 234 Å². The zero-order chi connectivity index (χ0) is 28.7. The lowest BCUT2D eigenvalue weighted by Gasteiger charge is -2.36. The molecule has 4 heterocycles. The fourth-order valence-corrected chi connectivity index (χ4v) is 5.45. The van der Waals surface area contributed by atoms with Crippen LogP contribution in [0.5, 0.6) is 0 Å². The zero-order valence-electron chi connectivity index (χ0n) is 22.3. The van der Waals surface area contributed by atoms with Gasteiger partial charge in [-0.1, -0.05) is 6.07 Å². The van der Waals surface area contributed by atoms with E-state index in [1.165, 1.54) is 24.5 Å². The molecule has 10 nitrogen and oxygen atoms in total. The summed E-state index contributed by atoms with van der Waals surface area (Å²) in [5.74, 6) is -1.61. The van der Waals surface area contributed by atoms with Gasteiger partial charge in [0.15, 0.2) is 23.1 Å². The number of piperazine rings is 1. The Balaban J connectivity index is 1.14. The minimum Gasteiger partial charge on any atom is -0.392 e. The van der Waals surface area contributed by atoms with Crippen LogP contribution in [0.25, 0.3) is 16.9 Å². The minimum atomic E-state index is -0.949. The average Bonchev–Trinajstić information content (AvgIpc) is 3.61. The Bertz CT molecular complexity index is 1630. The van der Waals surface area contributed by atoms with Gasteiger partial charge in [0, 0.05) is 61.9 Å². The summed E-state index contributed by atoms with van der Waals surface area (Å²) in [5, 5.41) is 16.0. The number of hydrogen-bond acceptors (Lipinski definition) is 7. The van der Waals surface area contributed by atoms with Gasteiger partial charge in [-0.3, -0.25) is 14.0 Å². The lowest BCUT2D eigenvalue weighted by atomic mass is 10.1. The lowest BCUT2D eigenvalue weighted by Crippen LogP contribution is -2.54. The van der Waals surface area contributed by atoms with E-state index in [1.54, 1.807) is 32.5 Å². The summed E-state index contributed by atoms with van der Waals surface area (Å²) in [5.41, 5.74) is 2.92. The molecule has 2 aromatic carbocycles. The highest BCUT2D eigenvalue weighted by molar-refractivity contribution is 5.96. The van der Waals surface area contributed by atoms with Gasteiger partial charge in [-0.25, -0.2) is 18.7 Å². The van der Waals surface area contributed by atoms with Crippen molar-refractivity contribution in [3.8, 4) is 11.3 Å². The van der Waals surface area contributed by atoms with Crippen molar-refractivity contribution in [2.24, 2.45) is 0 Å². The number of carbonyl (C=O) groups excluding carboxylic acids is 2. The molecular weight excluding hydrogens is 532 g/mol. The molecule has 0 radical (unpaired) electrons. The smallest absolute Gasteiger partial charge is 0.254 e. The van der Waals surface area contributed by atoms with Crippen LogP contribution >= 0.6 is 0 Å². The van der Waals surface area contributed by atoms with Gasteiger partial charge in [0.2, 0.25) is 5.91 Å². The molecule has 212 valence electrons. The number of aryl methyl sites for hydroxylation is 1. The van der Waals surface area contributed by atoms with E-state index < -0.39 is 17.7 Å². The molecule has 0 spiro atoms. The molecule has 2 fully saturated rings. The predicted octanol–water partition coefficient (Wildman–Crippen LogP) is 2.73. The van der Waals surface area contributed by atoms with Crippen LogP contribution in [-0.2, 0) is 4.79 Å². The summed E-state index contributed by atoms with van der Waals surface area (Å²) in [6.07, 6.45) is 4.54. The molecule has 2 saturated heterocycles. The second-order valence-electron chi connectivity index (χ2n) is 10.3. The Hall–Kier alpha value is -4.42. The Kier molecular flexibility index (Phi) is 7.10. The highest BCUT2D eigenvalue weighted by atomic mass is 19.2. The monoisotopic (exact) mass is 561 g/mol. The van der Waals surface area contributed by atoms with Crippen molar-refractivity contribution < 1.29 is 23.5 Å². The molecule has 6 rings (SSSR count). The lowest BCUT2D eigenvalue weighted by molar-refractivity contribution is -0.134. The second kappa shape index (κ2) is 10.9. The maximum Gasteiger partial charge on any atom is 0.254 e. The number of hydrogen-bond donors (Lipinski definition) is 3. The Morgan fingerprint density at radius 2 is 1.85 bits per heavy atom. The van der Waals surface area contributed by atoms with Gasteiger partial charge in [0.1, 0.15) is 0 Å². The first-order valence-corrected chi connectivity index (χ1v) is 13.4. The van der Waals surface area contributed by atoms with Gasteiger partial charge in [-0.15, -0.1) is 0 Å². The molecule has 41 heavy (non-hydrogen) atoms. The molecule has 2 amide bonds. The SMILES string of the molecule is Cc1cc(Nc2nccn3c(-c4cccc(F)c4F)cnc23)ccc1C(=O)N1CCN(C(=O)[C@@H]2C[C@@H](O)CN2)CC1. The maximum absolute atomic E-state index is 14.4.